The average Bonchev–Trinajstić information content (AvgIpc) is 3.02. The Hall–Kier alpha value is -2.54. The number of thiophene rings is 1. The number of Topliss-reactive ketones (excluding diaryl/α,β-unsaturated/α-hetero) is 1. The van der Waals surface area contributed by atoms with Crippen LogP contribution >= 0.6 is 11.3 Å². The molecular formula is C13H9N3O3S. The first-order valence-corrected chi connectivity index (χ1v) is 6.64. The Morgan fingerprint density at radius 3 is 2.80 bits per heavy atom. The van der Waals surface area contributed by atoms with Crippen LogP contribution < -0.4 is 10.6 Å². The summed E-state index contributed by atoms with van der Waals surface area (Å²) in [6, 6.07) is 4.03. The van der Waals surface area contributed by atoms with Crippen molar-refractivity contribution in [3.8, 4) is 0 Å². The van der Waals surface area contributed by atoms with Gasteiger partial charge in [-0.3, -0.25) is 14.6 Å². The fourth-order valence-electron chi connectivity index (χ4n) is 2.25. The number of carbonyl (C=O) groups excluding carboxylic acids is 3. The quantitative estimate of drug-likeness (QED) is 0.669. The van der Waals surface area contributed by atoms with Crippen LogP contribution in [0.5, 0.6) is 0 Å². The molecule has 100 valence electrons. The van der Waals surface area contributed by atoms with E-state index in [-0.39, 0.29) is 11.5 Å². The van der Waals surface area contributed by atoms with E-state index < -0.39 is 17.9 Å². The van der Waals surface area contributed by atoms with Gasteiger partial charge in [0.15, 0.2) is 5.78 Å². The highest BCUT2D eigenvalue weighted by Gasteiger charge is 2.44. The Morgan fingerprint density at radius 2 is 2.15 bits per heavy atom. The van der Waals surface area contributed by atoms with Gasteiger partial charge in [-0.05, 0) is 23.1 Å². The van der Waals surface area contributed by atoms with Crippen LogP contribution in [0.3, 0.4) is 0 Å². The number of anilines is 1. The van der Waals surface area contributed by atoms with Crippen LogP contribution in [0.15, 0.2) is 36.0 Å². The second-order valence-corrected chi connectivity index (χ2v) is 5.17. The van der Waals surface area contributed by atoms with Crippen LogP contribution in [0.4, 0.5) is 10.5 Å². The number of ketones is 1. The molecule has 0 saturated carbocycles. The monoisotopic (exact) mass is 287 g/mol. The number of carbonyl (C=O) groups is 3. The molecule has 0 saturated heterocycles. The lowest BCUT2D eigenvalue weighted by atomic mass is 9.96. The first-order chi connectivity index (χ1) is 9.61. The number of imide groups is 1. The Kier molecular flexibility index (Phi) is 2.83. The van der Waals surface area contributed by atoms with Crippen LogP contribution in [0, 0.1) is 0 Å². The van der Waals surface area contributed by atoms with Gasteiger partial charge in [0, 0.05) is 6.20 Å². The summed E-state index contributed by atoms with van der Waals surface area (Å²) >= 11 is 1.25. The highest BCUT2D eigenvalue weighted by atomic mass is 32.1. The van der Waals surface area contributed by atoms with Crippen molar-refractivity contribution in [2.24, 2.45) is 5.73 Å². The number of nitrogens with two attached hydrogens (primary N) is 1. The normalized spacial score (nSPS) is 17.1. The lowest BCUT2D eigenvalue weighted by Crippen LogP contribution is -2.40. The van der Waals surface area contributed by atoms with Crippen molar-refractivity contribution in [2.75, 3.05) is 4.90 Å². The third kappa shape index (κ3) is 1.71. The predicted octanol–water partition coefficient (Wildman–Crippen LogP) is 1.53. The van der Waals surface area contributed by atoms with E-state index in [9.17, 15) is 14.4 Å². The Bertz CT molecular complexity index is 711. The number of pyridine rings is 1. The summed E-state index contributed by atoms with van der Waals surface area (Å²) in [5.41, 5.74) is 5.95. The molecule has 1 aliphatic heterocycles. The molecule has 1 unspecified atom stereocenters. The summed E-state index contributed by atoms with van der Waals surface area (Å²) in [6.45, 7) is 0. The Balaban J connectivity index is 2.11. The molecular weight excluding hydrogens is 278 g/mol. The van der Waals surface area contributed by atoms with E-state index in [2.05, 4.69) is 4.98 Å². The summed E-state index contributed by atoms with van der Waals surface area (Å²) in [5, 5.41) is 1.76. The van der Waals surface area contributed by atoms with Crippen molar-refractivity contribution in [1.29, 1.82) is 0 Å². The number of urea groups is 1. The molecule has 1 aliphatic rings. The van der Waals surface area contributed by atoms with Gasteiger partial charge in [-0.1, -0.05) is 6.07 Å². The summed E-state index contributed by atoms with van der Waals surface area (Å²) in [6.07, 6.45) is 2.84. The van der Waals surface area contributed by atoms with E-state index in [1.165, 1.54) is 23.7 Å². The fourth-order valence-corrected chi connectivity index (χ4v) is 2.95. The minimum Gasteiger partial charge on any atom is -0.351 e. The minimum absolute atomic E-state index is 0.278. The number of amides is 3. The standard InChI is InChI=1S/C13H9N3O3S/c14-13(19)16-8-6-15-4-3-7(8)10(12(16)18)11(17)9-2-1-5-20-9/h1-6,10H,(H2,14,19). The largest absolute Gasteiger partial charge is 0.351 e. The average molecular weight is 287 g/mol. The van der Waals surface area contributed by atoms with E-state index in [0.29, 0.717) is 10.4 Å². The molecule has 0 aliphatic carbocycles. The molecule has 20 heavy (non-hydrogen) atoms. The smallest absolute Gasteiger partial charge is 0.326 e. The summed E-state index contributed by atoms with van der Waals surface area (Å²) < 4.78 is 0. The SMILES string of the molecule is NC(=O)N1C(=O)C(C(=O)c2cccs2)c2ccncc21. The van der Waals surface area contributed by atoms with Crippen molar-refractivity contribution >= 4 is 34.7 Å². The van der Waals surface area contributed by atoms with E-state index in [1.807, 2.05) is 0 Å². The molecule has 2 N–H and O–H groups in total. The zero-order valence-electron chi connectivity index (χ0n) is 10.1. The minimum atomic E-state index is -1.03. The van der Waals surface area contributed by atoms with Gasteiger partial charge in [-0.25, -0.2) is 9.69 Å². The van der Waals surface area contributed by atoms with Gasteiger partial charge < -0.3 is 5.73 Å². The zero-order valence-corrected chi connectivity index (χ0v) is 11.0. The Morgan fingerprint density at radius 1 is 1.35 bits per heavy atom. The van der Waals surface area contributed by atoms with Crippen molar-refractivity contribution < 1.29 is 14.4 Å². The number of aromatic nitrogens is 1. The first-order valence-electron chi connectivity index (χ1n) is 5.76. The Labute approximate surface area is 117 Å². The van der Waals surface area contributed by atoms with Gasteiger partial charge in [-0.2, -0.15) is 0 Å². The first kappa shape index (κ1) is 12.5. The van der Waals surface area contributed by atoms with E-state index in [1.54, 1.807) is 23.6 Å². The van der Waals surface area contributed by atoms with Crippen molar-refractivity contribution in [3.05, 3.63) is 46.4 Å². The molecule has 3 heterocycles. The van der Waals surface area contributed by atoms with E-state index in [0.717, 1.165) is 4.90 Å². The van der Waals surface area contributed by atoms with E-state index >= 15 is 0 Å². The van der Waals surface area contributed by atoms with Crippen molar-refractivity contribution in [3.63, 3.8) is 0 Å². The van der Waals surface area contributed by atoms with Crippen molar-refractivity contribution in [1.82, 2.24) is 4.98 Å². The number of primary amides is 1. The molecule has 0 aromatic carbocycles. The maximum atomic E-state index is 12.4. The van der Waals surface area contributed by atoms with Crippen LogP contribution in [0.25, 0.3) is 0 Å². The maximum Gasteiger partial charge on any atom is 0.326 e. The summed E-state index contributed by atoms with van der Waals surface area (Å²) in [7, 11) is 0. The van der Waals surface area contributed by atoms with Crippen LogP contribution in [-0.2, 0) is 4.79 Å². The molecule has 3 rings (SSSR count). The number of nitrogens with zero attached hydrogens (tertiary/aromatic N) is 2. The lowest BCUT2D eigenvalue weighted by molar-refractivity contribution is -0.117. The van der Waals surface area contributed by atoms with Gasteiger partial charge >= 0.3 is 6.03 Å². The fraction of sp³-hybridized carbons (Fsp3) is 0.0769. The molecule has 6 nitrogen and oxygen atoms in total. The maximum absolute atomic E-state index is 12.4. The lowest BCUT2D eigenvalue weighted by Gasteiger charge is -2.11. The summed E-state index contributed by atoms with van der Waals surface area (Å²) in [4.78, 5) is 41.3. The molecule has 0 radical (unpaired) electrons. The molecule has 0 fully saturated rings. The molecule has 2 aromatic heterocycles. The number of fused-ring (bicyclic) bond motifs is 1. The second kappa shape index (κ2) is 4.53. The van der Waals surface area contributed by atoms with Gasteiger partial charge in [0.05, 0.1) is 16.8 Å². The topological polar surface area (TPSA) is 93.4 Å². The van der Waals surface area contributed by atoms with Crippen LogP contribution in [-0.4, -0.2) is 22.7 Å². The number of hydrogen-bond donors (Lipinski definition) is 1. The third-order valence-corrected chi connectivity index (χ3v) is 3.98. The predicted molar refractivity (Wildman–Crippen MR) is 72.7 cm³/mol. The molecule has 0 spiro atoms. The van der Waals surface area contributed by atoms with Gasteiger partial charge in [0.2, 0.25) is 0 Å². The zero-order chi connectivity index (χ0) is 14.3. The number of hydrogen-bond acceptors (Lipinski definition) is 5. The highest BCUT2D eigenvalue weighted by Crippen LogP contribution is 2.38. The molecule has 1 atom stereocenters. The van der Waals surface area contributed by atoms with Crippen LogP contribution in [0.2, 0.25) is 0 Å². The number of rotatable bonds is 2. The summed E-state index contributed by atoms with van der Waals surface area (Å²) in [5.74, 6) is -1.99. The van der Waals surface area contributed by atoms with Gasteiger partial charge in [0.25, 0.3) is 5.91 Å². The third-order valence-electron chi connectivity index (χ3n) is 3.10. The molecule has 0 bridgehead atoms. The molecule has 2 aromatic rings. The molecule has 3 amide bonds. The van der Waals surface area contributed by atoms with Crippen LogP contribution in [0.1, 0.15) is 21.2 Å². The molecule has 7 heteroatoms. The van der Waals surface area contributed by atoms with Gasteiger partial charge in [0.1, 0.15) is 5.92 Å². The second-order valence-electron chi connectivity index (χ2n) is 4.22. The van der Waals surface area contributed by atoms with Crippen molar-refractivity contribution in [2.45, 2.75) is 5.92 Å². The van der Waals surface area contributed by atoms with Gasteiger partial charge in [-0.15, -0.1) is 11.3 Å². The highest BCUT2D eigenvalue weighted by molar-refractivity contribution is 7.12. The van der Waals surface area contributed by atoms with E-state index in [4.69, 9.17) is 5.73 Å².